The van der Waals surface area contributed by atoms with Crippen molar-refractivity contribution in [2.24, 2.45) is 0 Å². The molecule has 3 fully saturated rings. The van der Waals surface area contributed by atoms with Crippen molar-refractivity contribution in [2.75, 3.05) is 14.2 Å². The van der Waals surface area contributed by atoms with Crippen molar-refractivity contribution in [3.63, 3.8) is 0 Å². The molecule has 3 aliphatic rings. The Balaban J connectivity index is 1.63. The molecule has 0 aromatic rings. The minimum absolute atomic E-state index is 0.0539. The second-order valence-electron chi connectivity index (χ2n) is 8.47. The monoisotopic (exact) mass is 452 g/mol. The topological polar surface area (TPSA) is 146 Å². The minimum atomic E-state index is -1.20. The molecule has 31 heavy (non-hydrogen) atoms. The van der Waals surface area contributed by atoms with Crippen LogP contribution in [0.4, 0.5) is 0 Å². The van der Waals surface area contributed by atoms with Crippen LogP contribution in [0.2, 0.25) is 0 Å². The van der Waals surface area contributed by atoms with Gasteiger partial charge in [0.25, 0.3) is 0 Å². The lowest BCUT2D eigenvalue weighted by Gasteiger charge is -2.46. The maximum absolute atomic E-state index is 10.5. The van der Waals surface area contributed by atoms with E-state index in [1.807, 2.05) is 0 Å². The molecule has 0 radical (unpaired) electrons. The van der Waals surface area contributed by atoms with Crippen molar-refractivity contribution >= 4 is 0 Å². The van der Waals surface area contributed by atoms with Gasteiger partial charge in [-0.05, 0) is 20.8 Å². The minimum Gasteiger partial charge on any atom is -0.390 e. The lowest BCUT2D eigenvalue weighted by molar-refractivity contribution is -0.349. The summed E-state index contributed by atoms with van der Waals surface area (Å²) in [5.74, 6) is 0. The van der Waals surface area contributed by atoms with Crippen LogP contribution in [-0.4, -0.2) is 115 Å². The van der Waals surface area contributed by atoms with E-state index in [4.69, 9.17) is 33.2 Å². The third-order valence-corrected chi connectivity index (χ3v) is 6.23. The first-order valence-electron chi connectivity index (χ1n) is 10.7. The molecule has 0 saturated carbocycles. The van der Waals surface area contributed by atoms with Crippen molar-refractivity contribution in [3.8, 4) is 0 Å². The van der Waals surface area contributed by atoms with Crippen LogP contribution in [-0.2, 0) is 33.2 Å². The number of methoxy groups -OCH3 is 2. The summed E-state index contributed by atoms with van der Waals surface area (Å²) in [6.45, 7) is 5.17. The molecule has 0 spiro atoms. The summed E-state index contributed by atoms with van der Waals surface area (Å²) < 4.78 is 39.8. The third kappa shape index (κ3) is 5.56. The van der Waals surface area contributed by atoms with Gasteiger partial charge in [-0.25, -0.2) is 0 Å². The Morgan fingerprint density at radius 2 is 1.35 bits per heavy atom. The lowest BCUT2D eigenvalue weighted by atomic mass is 9.98. The molecule has 0 aromatic carbocycles. The number of aliphatic hydroxyl groups is 4. The van der Waals surface area contributed by atoms with Crippen LogP contribution in [0.25, 0.3) is 0 Å². The zero-order valence-electron chi connectivity index (χ0n) is 18.6. The van der Waals surface area contributed by atoms with E-state index in [1.165, 1.54) is 14.2 Å². The first-order valence-corrected chi connectivity index (χ1v) is 10.7. The zero-order chi connectivity index (χ0) is 22.9. The molecule has 0 aliphatic carbocycles. The maximum Gasteiger partial charge on any atom is 0.187 e. The summed E-state index contributed by atoms with van der Waals surface area (Å²) in [6, 6.07) is 0. The Hall–Kier alpha value is -0.440. The van der Waals surface area contributed by atoms with Gasteiger partial charge < -0.3 is 53.6 Å². The molecule has 4 N–H and O–H groups in total. The summed E-state index contributed by atoms with van der Waals surface area (Å²) in [4.78, 5) is 0. The van der Waals surface area contributed by atoms with Crippen molar-refractivity contribution in [3.05, 3.63) is 0 Å². The number of ether oxygens (including phenoxy) is 7. The molecular weight excluding hydrogens is 416 g/mol. The summed E-state index contributed by atoms with van der Waals surface area (Å²) in [7, 11) is 2.94. The molecule has 0 bridgehead atoms. The van der Waals surface area contributed by atoms with Crippen LogP contribution in [0.1, 0.15) is 33.6 Å². The van der Waals surface area contributed by atoms with Gasteiger partial charge in [-0.15, -0.1) is 0 Å². The van der Waals surface area contributed by atoms with Gasteiger partial charge in [-0.3, -0.25) is 0 Å². The van der Waals surface area contributed by atoms with Crippen molar-refractivity contribution in [1.29, 1.82) is 0 Å². The fourth-order valence-corrected chi connectivity index (χ4v) is 4.47. The standard InChI is InChI=1S/C20H36O11/c1-8-15(23)19(26-5)16(24)20(29-8)31-18-10(3)28-14(7-12(18)25-4)30-17-9(2)27-13(22)6-11(17)21/h8-24H,6-7H2,1-5H3/t8-,9-,10-,11+,12+,13?,14+,15-,16-,17-,18-,19+,20+/m1/s1. The Morgan fingerprint density at radius 1 is 0.677 bits per heavy atom. The SMILES string of the molecule is CO[C@@H]1[C@@H](O)[C@H](O[C@H]2[C@@H](OC)C[C@H](O[C@H]3[C@@H](O)CC(O)O[C@@H]3C)O[C@@H]2C)O[C@H](C)[C@H]1O. The van der Waals surface area contributed by atoms with Gasteiger partial charge in [0.15, 0.2) is 18.9 Å². The van der Waals surface area contributed by atoms with Gasteiger partial charge in [0.1, 0.15) is 30.5 Å². The predicted octanol–water partition coefficient (Wildman–Crippen LogP) is -1.12. The van der Waals surface area contributed by atoms with Crippen LogP contribution in [0.3, 0.4) is 0 Å². The number of hydrogen-bond donors (Lipinski definition) is 4. The molecular formula is C20H36O11. The summed E-state index contributed by atoms with van der Waals surface area (Å²) in [5, 5.41) is 40.6. The normalized spacial score (nSPS) is 51.6. The van der Waals surface area contributed by atoms with Crippen molar-refractivity contribution in [1.82, 2.24) is 0 Å². The highest BCUT2D eigenvalue weighted by atomic mass is 16.7. The summed E-state index contributed by atoms with van der Waals surface area (Å²) in [5.41, 5.74) is 0. The van der Waals surface area contributed by atoms with Gasteiger partial charge in [-0.2, -0.15) is 0 Å². The predicted molar refractivity (Wildman–Crippen MR) is 104 cm³/mol. The third-order valence-electron chi connectivity index (χ3n) is 6.23. The fourth-order valence-electron chi connectivity index (χ4n) is 4.47. The van der Waals surface area contributed by atoms with E-state index in [9.17, 15) is 20.4 Å². The number of aliphatic hydroxyl groups excluding tert-OH is 4. The van der Waals surface area contributed by atoms with Crippen LogP contribution < -0.4 is 0 Å². The molecule has 11 heteroatoms. The second-order valence-corrected chi connectivity index (χ2v) is 8.47. The number of hydrogen-bond acceptors (Lipinski definition) is 11. The van der Waals surface area contributed by atoms with E-state index in [1.54, 1.807) is 20.8 Å². The molecule has 3 saturated heterocycles. The molecule has 13 atom stereocenters. The maximum atomic E-state index is 10.5. The van der Waals surface area contributed by atoms with E-state index >= 15 is 0 Å². The Bertz CT molecular complexity index is 553. The first kappa shape index (κ1) is 25.2. The average molecular weight is 452 g/mol. The summed E-state index contributed by atoms with van der Waals surface area (Å²) in [6.07, 6.45) is -9.63. The molecule has 3 aliphatic heterocycles. The van der Waals surface area contributed by atoms with E-state index in [0.717, 1.165) is 0 Å². The van der Waals surface area contributed by atoms with Gasteiger partial charge in [-0.1, -0.05) is 0 Å². The fraction of sp³-hybridized carbons (Fsp3) is 1.00. The van der Waals surface area contributed by atoms with Gasteiger partial charge in [0, 0.05) is 27.1 Å². The van der Waals surface area contributed by atoms with Crippen LogP contribution in [0.15, 0.2) is 0 Å². The average Bonchev–Trinajstić information content (AvgIpc) is 2.70. The number of rotatable bonds is 6. The van der Waals surface area contributed by atoms with E-state index < -0.39 is 79.9 Å². The highest BCUT2D eigenvalue weighted by Crippen LogP contribution is 2.32. The van der Waals surface area contributed by atoms with Crippen molar-refractivity contribution < 1.29 is 53.6 Å². The van der Waals surface area contributed by atoms with E-state index in [2.05, 4.69) is 0 Å². The highest BCUT2D eigenvalue weighted by molar-refractivity contribution is 4.91. The Labute approximate surface area is 182 Å². The van der Waals surface area contributed by atoms with Crippen molar-refractivity contribution in [2.45, 2.75) is 114 Å². The molecule has 0 aromatic heterocycles. The molecule has 1 unspecified atom stereocenters. The molecule has 3 heterocycles. The molecule has 11 nitrogen and oxygen atoms in total. The van der Waals surface area contributed by atoms with Crippen LogP contribution >= 0.6 is 0 Å². The molecule has 0 amide bonds. The van der Waals surface area contributed by atoms with E-state index in [-0.39, 0.29) is 6.42 Å². The molecule has 3 rings (SSSR count). The lowest BCUT2D eigenvalue weighted by Crippen LogP contribution is -2.61. The quantitative estimate of drug-likeness (QED) is 0.389. The zero-order valence-corrected chi connectivity index (χ0v) is 18.6. The van der Waals surface area contributed by atoms with Gasteiger partial charge in [0.2, 0.25) is 0 Å². The van der Waals surface area contributed by atoms with Crippen LogP contribution in [0, 0.1) is 0 Å². The Morgan fingerprint density at radius 3 is 1.97 bits per heavy atom. The first-order chi connectivity index (χ1) is 14.7. The summed E-state index contributed by atoms with van der Waals surface area (Å²) >= 11 is 0. The molecule has 182 valence electrons. The Kier molecular flexibility index (Phi) is 8.66. The van der Waals surface area contributed by atoms with Gasteiger partial charge in [0.05, 0.1) is 30.5 Å². The van der Waals surface area contributed by atoms with Crippen LogP contribution in [0.5, 0.6) is 0 Å². The smallest absolute Gasteiger partial charge is 0.187 e. The van der Waals surface area contributed by atoms with Gasteiger partial charge >= 0.3 is 0 Å². The second kappa shape index (κ2) is 10.7. The highest BCUT2D eigenvalue weighted by Gasteiger charge is 2.48. The van der Waals surface area contributed by atoms with E-state index in [0.29, 0.717) is 6.42 Å². The largest absolute Gasteiger partial charge is 0.390 e.